The second kappa shape index (κ2) is 8.64. The Balaban J connectivity index is 1.69. The number of anilines is 1. The molecule has 0 bridgehead atoms. The van der Waals surface area contributed by atoms with E-state index in [1.807, 2.05) is 0 Å². The summed E-state index contributed by atoms with van der Waals surface area (Å²) in [6.45, 7) is -0.854. The van der Waals surface area contributed by atoms with Crippen LogP contribution in [0.25, 0.3) is 11.0 Å². The van der Waals surface area contributed by atoms with Crippen LogP contribution in [0.1, 0.15) is 15.9 Å². The lowest BCUT2D eigenvalue weighted by Crippen LogP contribution is -2.24. The molecule has 0 atom stereocenters. The highest BCUT2D eigenvalue weighted by atomic mass is 35.5. The van der Waals surface area contributed by atoms with Gasteiger partial charge in [0.05, 0.1) is 17.7 Å². The summed E-state index contributed by atoms with van der Waals surface area (Å²) >= 11 is 5.69. The number of halogens is 4. The van der Waals surface area contributed by atoms with E-state index in [4.69, 9.17) is 25.5 Å². The van der Waals surface area contributed by atoms with Gasteiger partial charge >= 0.3 is 17.8 Å². The van der Waals surface area contributed by atoms with Gasteiger partial charge in [0.25, 0.3) is 5.91 Å². The number of alkyl halides is 3. The van der Waals surface area contributed by atoms with Gasteiger partial charge in [-0.15, -0.1) is 0 Å². The monoisotopic (exact) mass is 456 g/mol. The number of ether oxygens (including phenoxy) is 2. The maximum absolute atomic E-state index is 12.6. The van der Waals surface area contributed by atoms with E-state index in [1.165, 1.54) is 13.2 Å². The molecule has 1 N–H and O–H groups in total. The van der Waals surface area contributed by atoms with Crippen LogP contribution >= 0.6 is 11.6 Å². The summed E-state index contributed by atoms with van der Waals surface area (Å²) < 4.78 is 52.8. The van der Waals surface area contributed by atoms with Crippen molar-refractivity contribution in [1.29, 1.82) is 0 Å². The van der Waals surface area contributed by atoms with E-state index in [2.05, 4.69) is 10.3 Å². The smallest absolute Gasteiger partial charge is 0.417 e. The lowest BCUT2D eigenvalue weighted by atomic mass is 10.2. The van der Waals surface area contributed by atoms with E-state index in [1.54, 1.807) is 18.2 Å². The zero-order valence-corrected chi connectivity index (χ0v) is 16.3. The number of nitrogens with one attached hydrogen (secondary N) is 1. The first-order chi connectivity index (χ1) is 14.6. The van der Waals surface area contributed by atoms with Crippen LogP contribution in [0, 0.1) is 0 Å². The maximum atomic E-state index is 12.6. The molecule has 0 aliphatic rings. The van der Waals surface area contributed by atoms with Crippen molar-refractivity contribution in [3.8, 4) is 5.75 Å². The van der Waals surface area contributed by atoms with Crippen LogP contribution in [0.15, 0.2) is 45.7 Å². The lowest BCUT2D eigenvalue weighted by molar-refractivity contribution is -0.137. The first kappa shape index (κ1) is 22.1. The van der Waals surface area contributed by atoms with Gasteiger partial charge < -0.3 is 19.2 Å². The number of hydrogen-bond donors (Lipinski definition) is 1. The lowest BCUT2D eigenvalue weighted by Gasteiger charge is -2.10. The molecular weight excluding hydrogens is 445 g/mol. The van der Waals surface area contributed by atoms with Crippen LogP contribution in [0.3, 0.4) is 0 Å². The average Bonchev–Trinajstić information content (AvgIpc) is 2.71. The van der Waals surface area contributed by atoms with Crippen molar-refractivity contribution >= 4 is 40.3 Å². The Morgan fingerprint density at radius 1 is 1.26 bits per heavy atom. The van der Waals surface area contributed by atoms with Crippen LogP contribution in [0.5, 0.6) is 5.75 Å². The third kappa shape index (κ3) is 4.94. The van der Waals surface area contributed by atoms with Crippen molar-refractivity contribution in [2.45, 2.75) is 6.18 Å². The first-order valence-electron chi connectivity index (χ1n) is 8.40. The summed E-state index contributed by atoms with van der Waals surface area (Å²) in [4.78, 5) is 39.6. The Hall–Kier alpha value is -3.60. The van der Waals surface area contributed by atoms with Gasteiger partial charge in [-0.3, -0.25) is 4.79 Å². The molecule has 3 rings (SSSR count). The molecule has 162 valence electrons. The number of esters is 1. The van der Waals surface area contributed by atoms with E-state index in [0.717, 1.165) is 0 Å². The molecule has 0 saturated heterocycles. The minimum Gasteiger partial charge on any atom is -0.493 e. The minimum absolute atomic E-state index is 0.132. The number of pyridine rings is 1. The molecule has 0 saturated carbocycles. The van der Waals surface area contributed by atoms with Crippen LogP contribution in [0.4, 0.5) is 19.0 Å². The molecule has 8 nitrogen and oxygen atoms in total. The number of methoxy groups -OCH3 is 1. The summed E-state index contributed by atoms with van der Waals surface area (Å²) in [6, 6.07) is 6.56. The van der Waals surface area contributed by atoms with Gasteiger partial charge in [0.15, 0.2) is 23.8 Å². The molecular formula is C19H12ClF3N2O6. The maximum Gasteiger partial charge on any atom is 0.417 e. The summed E-state index contributed by atoms with van der Waals surface area (Å²) in [5, 5.41) is 2.04. The van der Waals surface area contributed by atoms with E-state index in [-0.39, 0.29) is 17.2 Å². The molecule has 31 heavy (non-hydrogen) atoms. The Labute approximate surface area is 176 Å². The van der Waals surface area contributed by atoms with Gasteiger partial charge in [0.1, 0.15) is 5.56 Å². The van der Waals surface area contributed by atoms with Crippen molar-refractivity contribution in [3.63, 3.8) is 0 Å². The minimum atomic E-state index is -4.65. The summed E-state index contributed by atoms with van der Waals surface area (Å²) in [5.74, 6) is -2.14. The largest absolute Gasteiger partial charge is 0.493 e. The third-order valence-electron chi connectivity index (χ3n) is 3.92. The van der Waals surface area contributed by atoms with Crippen LogP contribution in [-0.2, 0) is 15.7 Å². The first-order valence-corrected chi connectivity index (χ1v) is 8.78. The number of hydrogen-bond acceptors (Lipinski definition) is 7. The Kier molecular flexibility index (Phi) is 6.16. The van der Waals surface area contributed by atoms with Crippen molar-refractivity contribution in [3.05, 3.63) is 63.1 Å². The highest BCUT2D eigenvalue weighted by molar-refractivity contribution is 6.33. The molecule has 0 unspecified atom stereocenters. The second-order valence-electron chi connectivity index (χ2n) is 6.00. The van der Waals surface area contributed by atoms with Gasteiger partial charge in [0, 0.05) is 11.6 Å². The molecule has 12 heteroatoms. The summed E-state index contributed by atoms with van der Waals surface area (Å²) in [6.07, 6.45) is -4.16. The molecule has 0 spiro atoms. The molecule has 1 amide bonds. The molecule has 2 heterocycles. The fourth-order valence-corrected chi connectivity index (χ4v) is 2.70. The van der Waals surface area contributed by atoms with Crippen LogP contribution < -0.4 is 15.7 Å². The topological polar surface area (TPSA) is 108 Å². The molecule has 3 aromatic rings. The fourth-order valence-electron chi connectivity index (χ4n) is 2.48. The SMILES string of the molecule is COc1cccc2cc(C(=O)OCC(=O)Nc3ncc(C(F)(F)F)cc3Cl)c(=O)oc12. The molecule has 2 aromatic heterocycles. The van der Waals surface area contributed by atoms with Gasteiger partial charge in [0.2, 0.25) is 0 Å². The molecule has 0 aliphatic heterocycles. The van der Waals surface area contributed by atoms with Crippen molar-refractivity contribution in [1.82, 2.24) is 4.98 Å². The van der Waals surface area contributed by atoms with Crippen LogP contribution in [0.2, 0.25) is 5.02 Å². The normalized spacial score (nSPS) is 11.3. The fraction of sp³-hybridized carbons (Fsp3) is 0.158. The number of amides is 1. The number of aromatic nitrogens is 1. The van der Waals surface area contributed by atoms with Gasteiger partial charge in [-0.05, 0) is 18.2 Å². The highest BCUT2D eigenvalue weighted by Gasteiger charge is 2.31. The number of carbonyl (C=O) groups is 2. The Morgan fingerprint density at radius 3 is 2.65 bits per heavy atom. The Bertz CT molecular complexity index is 1230. The average molecular weight is 457 g/mol. The van der Waals surface area contributed by atoms with E-state index < -0.39 is 46.4 Å². The quantitative estimate of drug-likeness (QED) is 0.461. The zero-order chi connectivity index (χ0) is 22.8. The predicted molar refractivity (Wildman–Crippen MR) is 102 cm³/mol. The molecule has 0 radical (unpaired) electrons. The van der Waals surface area contributed by atoms with E-state index in [0.29, 0.717) is 17.6 Å². The van der Waals surface area contributed by atoms with E-state index >= 15 is 0 Å². The number of rotatable bonds is 5. The highest BCUT2D eigenvalue weighted by Crippen LogP contribution is 2.32. The molecule has 1 aromatic carbocycles. The molecule has 0 aliphatic carbocycles. The number of nitrogens with zero attached hydrogens (tertiary/aromatic N) is 1. The van der Waals surface area contributed by atoms with Crippen LogP contribution in [-0.4, -0.2) is 30.6 Å². The zero-order valence-electron chi connectivity index (χ0n) is 15.6. The number of para-hydroxylation sites is 1. The number of carbonyl (C=O) groups excluding carboxylic acids is 2. The number of benzene rings is 1. The van der Waals surface area contributed by atoms with Crippen molar-refractivity contribution in [2.75, 3.05) is 19.0 Å². The predicted octanol–water partition coefficient (Wildman–Crippen LogP) is 3.66. The third-order valence-corrected chi connectivity index (χ3v) is 4.21. The Morgan fingerprint density at radius 2 is 2.00 bits per heavy atom. The van der Waals surface area contributed by atoms with Crippen molar-refractivity contribution in [2.24, 2.45) is 0 Å². The van der Waals surface area contributed by atoms with Gasteiger partial charge in [-0.1, -0.05) is 23.7 Å². The van der Waals surface area contributed by atoms with Crippen molar-refractivity contribution < 1.29 is 36.7 Å². The van der Waals surface area contributed by atoms with E-state index in [9.17, 15) is 27.6 Å². The standard InChI is InChI=1S/C19H12ClF3N2O6/c1-29-13-4-2-3-9-5-11(18(28)31-15(9)13)17(27)30-8-14(26)25-16-12(20)6-10(7-24-16)19(21,22)23/h2-7H,8H2,1H3,(H,24,25,26). The van der Waals surface area contributed by atoms with Gasteiger partial charge in [-0.2, -0.15) is 13.2 Å². The molecule has 0 fully saturated rings. The number of fused-ring (bicyclic) bond motifs is 1. The van der Waals surface area contributed by atoms with Gasteiger partial charge in [-0.25, -0.2) is 14.6 Å². The summed E-state index contributed by atoms with van der Waals surface area (Å²) in [7, 11) is 1.38. The summed E-state index contributed by atoms with van der Waals surface area (Å²) in [5.41, 5.74) is -2.43. The second-order valence-corrected chi connectivity index (χ2v) is 6.41.